The fraction of sp³-hybridized carbons (Fsp3) is 0.438. The molecule has 114 valence electrons. The lowest BCUT2D eigenvalue weighted by molar-refractivity contribution is 0.0786. The average molecular weight is 304 g/mol. The Kier molecular flexibility index (Phi) is 4.85. The van der Waals surface area contributed by atoms with Gasteiger partial charge in [0.2, 0.25) is 0 Å². The highest BCUT2D eigenvalue weighted by Crippen LogP contribution is 2.29. The van der Waals surface area contributed by atoms with Gasteiger partial charge in [-0.25, -0.2) is 4.68 Å². The number of aromatic nitrogens is 2. The van der Waals surface area contributed by atoms with Gasteiger partial charge in [-0.05, 0) is 25.1 Å². The summed E-state index contributed by atoms with van der Waals surface area (Å²) in [5.74, 6) is 0.278. The first-order valence-corrected chi connectivity index (χ1v) is 11.0. The second kappa shape index (κ2) is 6.45. The van der Waals surface area contributed by atoms with E-state index >= 15 is 0 Å². The summed E-state index contributed by atoms with van der Waals surface area (Å²) >= 11 is 0. The van der Waals surface area contributed by atoms with Crippen LogP contribution in [0.25, 0.3) is 11.1 Å². The Morgan fingerprint density at radius 1 is 1.29 bits per heavy atom. The van der Waals surface area contributed by atoms with Crippen LogP contribution < -0.4 is 0 Å². The molecule has 0 atom stereocenters. The van der Waals surface area contributed by atoms with Crippen LogP contribution in [0.5, 0.6) is 5.75 Å². The van der Waals surface area contributed by atoms with Crippen molar-refractivity contribution in [3.63, 3.8) is 0 Å². The van der Waals surface area contributed by atoms with Crippen LogP contribution in [0.2, 0.25) is 25.7 Å². The summed E-state index contributed by atoms with van der Waals surface area (Å²) in [4.78, 5) is 0. The molecule has 1 aromatic heterocycles. The van der Waals surface area contributed by atoms with E-state index in [2.05, 4.69) is 24.7 Å². The maximum atomic E-state index is 9.94. The van der Waals surface area contributed by atoms with E-state index in [9.17, 15) is 5.11 Å². The molecular weight excluding hydrogens is 280 g/mol. The van der Waals surface area contributed by atoms with Crippen LogP contribution in [0.4, 0.5) is 0 Å². The number of aromatic hydroxyl groups is 1. The van der Waals surface area contributed by atoms with Crippen LogP contribution in [-0.2, 0) is 11.5 Å². The normalized spacial score (nSPS) is 11.8. The van der Waals surface area contributed by atoms with Gasteiger partial charge in [-0.2, -0.15) is 5.10 Å². The van der Waals surface area contributed by atoms with Crippen LogP contribution in [0.1, 0.15) is 5.56 Å². The van der Waals surface area contributed by atoms with E-state index < -0.39 is 8.07 Å². The summed E-state index contributed by atoms with van der Waals surface area (Å²) in [6.07, 6.45) is 3.67. The SMILES string of the molecule is Cc1ccc(O)c(-c2cnn(COCC[Si](C)(C)C)c2)c1. The van der Waals surface area contributed by atoms with Crippen LogP contribution in [0, 0.1) is 6.92 Å². The van der Waals surface area contributed by atoms with E-state index in [0.29, 0.717) is 6.73 Å². The van der Waals surface area contributed by atoms with E-state index in [1.165, 1.54) is 0 Å². The second-order valence-corrected chi connectivity index (χ2v) is 12.3. The van der Waals surface area contributed by atoms with Crippen molar-refractivity contribution in [3.05, 3.63) is 36.2 Å². The monoisotopic (exact) mass is 304 g/mol. The Balaban J connectivity index is 1.97. The summed E-state index contributed by atoms with van der Waals surface area (Å²) in [6.45, 7) is 10.2. The van der Waals surface area contributed by atoms with Gasteiger partial charge in [0, 0.05) is 32.0 Å². The minimum absolute atomic E-state index is 0.278. The largest absolute Gasteiger partial charge is 0.507 e. The smallest absolute Gasteiger partial charge is 0.139 e. The molecule has 0 unspecified atom stereocenters. The number of hydrogen-bond donors (Lipinski definition) is 1. The zero-order valence-corrected chi connectivity index (χ0v) is 14.3. The average Bonchev–Trinajstić information content (AvgIpc) is 2.85. The molecule has 0 radical (unpaired) electrons. The Morgan fingerprint density at radius 3 is 2.76 bits per heavy atom. The molecule has 0 fully saturated rings. The molecular formula is C16H24N2O2Si. The number of hydrogen-bond acceptors (Lipinski definition) is 3. The standard InChI is InChI=1S/C16H24N2O2Si/c1-13-5-6-16(19)15(9-13)14-10-17-18(11-14)12-20-7-8-21(2,3)4/h5-6,9-11,19H,7-8,12H2,1-4H3. The van der Waals surface area contributed by atoms with Crippen molar-refractivity contribution in [1.29, 1.82) is 0 Å². The Labute approximate surface area is 127 Å². The lowest BCUT2D eigenvalue weighted by atomic mass is 10.1. The highest BCUT2D eigenvalue weighted by atomic mass is 28.3. The van der Waals surface area contributed by atoms with Crippen LogP contribution in [-0.4, -0.2) is 29.6 Å². The van der Waals surface area contributed by atoms with Crippen molar-refractivity contribution in [1.82, 2.24) is 9.78 Å². The van der Waals surface area contributed by atoms with Gasteiger partial charge < -0.3 is 9.84 Å². The molecule has 5 heteroatoms. The van der Waals surface area contributed by atoms with Gasteiger partial charge in [-0.3, -0.25) is 0 Å². The highest BCUT2D eigenvalue weighted by Gasteiger charge is 2.12. The van der Waals surface area contributed by atoms with Crippen molar-refractivity contribution in [3.8, 4) is 16.9 Å². The third-order valence-electron chi connectivity index (χ3n) is 3.32. The summed E-state index contributed by atoms with van der Waals surface area (Å²) in [5.41, 5.74) is 2.83. The molecule has 1 N–H and O–H groups in total. The predicted molar refractivity (Wildman–Crippen MR) is 88.2 cm³/mol. The first-order chi connectivity index (χ1) is 9.85. The lowest BCUT2D eigenvalue weighted by Gasteiger charge is -2.15. The third-order valence-corrected chi connectivity index (χ3v) is 5.02. The minimum Gasteiger partial charge on any atom is -0.507 e. The fourth-order valence-electron chi connectivity index (χ4n) is 1.99. The van der Waals surface area contributed by atoms with Gasteiger partial charge in [0.1, 0.15) is 12.5 Å². The van der Waals surface area contributed by atoms with Crippen molar-refractivity contribution >= 4 is 8.07 Å². The number of phenols is 1. The number of ether oxygens (including phenoxy) is 1. The van der Waals surface area contributed by atoms with Gasteiger partial charge in [0.05, 0.1) is 6.20 Å². The number of aryl methyl sites for hydroxylation is 1. The molecule has 21 heavy (non-hydrogen) atoms. The van der Waals surface area contributed by atoms with E-state index in [1.54, 1.807) is 16.9 Å². The van der Waals surface area contributed by atoms with E-state index in [0.717, 1.165) is 29.3 Å². The number of nitrogens with zero attached hydrogens (tertiary/aromatic N) is 2. The molecule has 0 amide bonds. The molecule has 4 nitrogen and oxygen atoms in total. The van der Waals surface area contributed by atoms with Crippen LogP contribution >= 0.6 is 0 Å². The van der Waals surface area contributed by atoms with Crippen LogP contribution in [0.3, 0.4) is 0 Å². The quantitative estimate of drug-likeness (QED) is 0.651. The van der Waals surface area contributed by atoms with E-state index in [-0.39, 0.29) is 5.75 Å². The number of rotatable bonds is 6. The predicted octanol–water partition coefficient (Wildman–Crippen LogP) is 3.88. The maximum Gasteiger partial charge on any atom is 0.139 e. The van der Waals surface area contributed by atoms with Crippen LogP contribution in [0.15, 0.2) is 30.6 Å². The first kappa shape index (κ1) is 15.8. The minimum atomic E-state index is -1.04. The lowest BCUT2D eigenvalue weighted by Crippen LogP contribution is -2.22. The van der Waals surface area contributed by atoms with Crippen molar-refractivity contribution < 1.29 is 9.84 Å². The first-order valence-electron chi connectivity index (χ1n) is 7.25. The van der Waals surface area contributed by atoms with E-state index in [4.69, 9.17) is 4.74 Å². The Bertz CT molecular complexity index is 603. The summed E-state index contributed by atoms with van der Waals surface area (Å²) in [6, 6.07) is 6.72. The number of phenolic OH excluding ortho intramolecular Hbond substituents is 1. The molecule has 2 aromatic rings. The molecule has 0 saturated carbocycles. The zero-order chi connectivity index (χ0) is 15.5. The van der Waals surface area contributed by atoms with Gasteiger partial charge in [-0.15, -0.1) is 0 Å². The summed E-state index contributed by atoms with van der Waals surface area (Å²) in [5, 5.41) is 14.2. The van der Waals surface area contributed by atoms with Gasteiger partial charge >= 0.3 is 0 Å². The van der Waals surface area contributed by atoms with Gasteiger partial charge in [0.15, 0.2) is 0 Å². The highest BCUT2D eigenvalue weighted by molar-refractivity contribution is 6.76. The molecule has 0 aliphatic rings. The molecule has 1 aromatic carbocycles. The molecule has 0 spiro atoms. The molecule has 0 saturated heterocycles. The zero-order valence-electron chi connectivity index (χ0n) is 13.3. The van der Waals surface area contributed by atoms with E-state index in [1.807, 2.05) is 25.3 Å². The Morgan fingerprint density at radius 2 is 2.05 bits per heavy atom. The Hall–Kier alpha value is -1.59. The summed E-state index contributed by atoms with van der Waals surface area (Å²) < 4.78 is 7.44. The number of benzene rings is 1. The maximum absolute atomic E-state index is 9.94. The molecule has 0 bridgehead atoms. The molecule has 2 rings (SSSR count). The second-order valence-electron chi connectivity index (χ2n) is 6.64. The van der Waals surface area contributed by atoms with Gasteiger partial charge in [-0.1, -0.05) is 31.3 Å². The third kappa shape index (κ3) is 4.72. The topological polar surface area (TPSA) is 47.3 Å². The van der Waals surface area contributed by atoms with Crippen molar-refractivity contribution in [2.24, 2.45) is 0 Å². The van der Waals surface area contributed by atoms with Gasteiger partial charge in [0.25, 0.3) is 0 Å². The molecule has 1 heterocycles. The molecule has 0 aliphatic carbocycles. The summed E-state index contributed by atoms with van der Waals surface area (Å²) in [7, 11) is -1.04. The molecule has 0 aliphatic heterocycles. The van der Waals surface area contributed by atoms with Crippen molar-refractivity contribution in [2.45, 2.75) is 39.3 Å². The fourth-order valence-corrected chi connectivity index (χ4v) is 2.75. The van der Waals surface area contributed by atoms with Crippen molar-refractivity contribution in [2.75, 3.05) is 6.61 Å².